The summed E-state index contributed by atoms with van der Waals surface area (Å²) in [6.45, 7) is -1.90. The van der Waals surface area contributed by atoms with Crippen LogP contribution < -0.4 is 15.4 Å². The summed E-state index contributed by atoms with van der Waals surface area (Å²) in [5.41, 5.74) is 1.41. The molecule has 2 N–H and O–H groups in total. The molecule has 0 aromatic heterocycles. The van der Waals surface area contributed by atoms with Gasteiger partial charge in [0, 0.05) is 32.3 Å². The Labute approximate surface area is 148 Å². The Morgan fingerprint density at radius 3 is 2.58 bits per heavy atom. The van der Waals surface area contributed by atoms with Gasteiger partial charge in [-0.2, -0.15) is 22.0 Å². The van der Waals surface area contributed by atoms with Crippen LogP contribution in [-0.2, 0) is 11.3 Å². The number of alkyl halides is 5. The second kappa shape index (κ2) is 10.8. The quantitative estimate of drug-likeness (QED) is 0.298. The first-order chi connectivity index (χ1) is 12.2. The lowest BCUT2D eigenvalue weighted by molar-refractivity contribution is -0.173. The number of benzene rings is 1. The summed E-state index contributed by atoms with van der Waals surface area (Å²) in [5, 5.41) is 5.84. The Balaban J connectivity index is 2.41. The van der Waals surface area contributed by atoms with Crippen LogP contribution in [0.4, 0.5) is 22.0 Å². The highest BCUT2D eigenvalue weighted by atomic mass is 19.4. The monoisotopic (exact) mass is 383 g/mol. The van der Waals surface area contributed by atoms with Crippen LogP contribution >= 0.6 is 0 Å². The Kier molecular flexibility index (Phi) is 9.11. The number of nitrogens with zero attached hydrogens (tertiary/aromatic N) is 1. The lowest BCUT2D eigenvalue weighted by atomic mass is 10.1. The molecule has 0 spiro atoms. The standard InChI is InChI=1S/C16H22F5N3O2/c1-11-4-5-13(26-14(17)18)12(8-11)9-24-15(22-2)23-6-3-7-25-10-16(19,20)21/h4-5,8,14H,3,6-7,9-10H2,1-2H3,(H2,22,23,24). The van der Waals surface area contributed by atoms with Crippen LogP contribution in [0.1, 0.15) is 17.5 Å². The molecule has 0 aliphatic rings. The topological polar surface area (TPSA) is 54.9 Å². The number of ether oxygens (including phenoxy) is 2. The van der Waals surface area contributed by atoms with Crippen molar-refractivity contribution in [1.29, 1.82) is 0 Å². The number of nitrogens with one attached hydrogen (secondary N) is 2. The van der Waals surface area contributed by atoms with E-state index in [-0.39, 0.29) is 18.9 Å². The van der Waals surface area contributed by atoms with Crippen LogP contribution in [-0.4, -0.2) is 45.6 Å². The molecule has 1 rings (SSSR count). The van der Waals surface area contributed by atoms with E-state index in [1.54, 1.807) is 12.1 Å². The number of halogens is 5. The minimum Gasteiger partial charge on any atom is -0.434 e. The number of hydrogen-bond donors (Lipinski definition) is 2. The molecule has 0 fully saturated rings. The van der Waals surface area contributed by atoms with Gasteiger partial charge >= 0.3 is 12.8 Å². The van der Waals surface area contributed by atoms with Crippen LogP contribution in [0.3, 0.4) is 0 Å². The van der Waals surface area contributed by atoms with Crippen molar-refractivity contribution in [3.63, 3.8) is 0 Å². The van der Waals surface area contributed by atoms with Gasteiger partial charge in [-0.15, -0.1) is 0 Å². The third-order valence-electron chi connectivity index (χ3n) is 3.13. The molecule has 1 aromatic carbocycles. The van der Waals surface area contributed by atoms with E-state index in [9.17, 15) is 22.0 Å². The van der Waals surface area contributed by atoms with Gasteiger partial charge in [-0.05, 0) is 19.4 Å². The van der Waals surface area contributed by atoms with Crippen LogP contribution in [0.2, 0.25) is 0 Å². The molecule has 1 aromatic rings. The van der Waals surface area contributed by atoms with E-state index in [1.807, 2.05) is 6.92 Å². The fraction of sp³-hybridized carbons (Fsp3) is 0.562. The van der Waals surface area contributed by atoms with E-state index in [0.29, 0.717) is 24.5 Å². The number of rotatable bonds is 9. The Bertz CT molecular complexity index is 579. The Morgan fingerprint density at radius 2 is 1.96 bits per heavy atom. The molecule has 0 unspecified atom stereocenters. The summed E-state index contributed by atoms with van der Waals surface area (Å²) in [4.78, 5) is 3.96. The number of hydrogen-bond acceptors (Lipinski definition) is 3. The summed E-state index contributed by atoms with van der Waals surface area (Å²) in [6, 6.07) is 4.84. The number of guanidine groups is 1. The van der Waals surface area contributed by atoms with E-state index in [1.165, 1.54) is 13.1 Å². The van der Waals surface area contributed by atoms with Crippen LogP contribution in [0.15, 0.2) is 23.2 Å². The molecule has 0 radical (unpaired) electrons. The zero-order valence-corrected chi connectivity index (χ0v) is 14.5. The predicted molar refractivity (Wildman–Crippen MR) is 87.5 cm³/mol. The molecule has 0 aliphatic heterocycles. The zero-order valence-electron chi connectivity index (χ0n) is 14.5. The van der Waals surface area contributed by atoms with Gasteiger partial charge in [-0.1, -0.05) is 17.7 Å². The van der Waals surface area contributed by atoms with E-state index in [4.69, 9.17) is 0 Å². The van der Waals surface area contributed by atoms with Crippen molar-refractivity contribution in [2.75, 3.05) is 26.8 Å². The van der Waals surface area contributed by atoms with Crippen molar-refractivity contribution in [2.45, 2.75) is 32.7 Å². The maximum atomic E-state index is 12.4. The molecule has 0 saturated carbocycles. The van der Waals surface area contributed by atoms with E-state index >= 15 is 0 Å². The van der Waals surface area contributed by atoms with Gasteiger partial charge in [0.2, 0.25) is 0 Å². The minimum absolute atomic E-state index is 0.0479. The van der Waals surface area contributed by atoms with Crippen LogP contribution in [0.5, 0.6) is 5.75 Å². The summed E-state index contributed by atoms with van der Waals surface area (Å²) in [5.74, 6) is 0.444. The molecule has 0 aliphatic carbocycles. The van der Waals surface area contributed by atoms with Crippen LogP contribution in [0.25, 0.3) is 0 Å². The lowest BCUT2D eigenvalue weighted by Crippen LogP contribution is -2.37. The fourth-order valence-electron chi connectivity index (χ4n) is 2.03. The molecule has 0 bridgehead atoms. The van der Waals surface area contributed by atoms with Crippen molar-refractivity contribution >= 4 is 5.96 Å². The molecule has 0 amide bonds. The first-order valence-corrected chi connectivity index (χ1v) is 7.84. The maximum absolute atomic E-state index is 12.4. The van der Waals surface area contributed by atoms with Crippen molar-refractivity contribution in [2.24, 2.45) is 4.99 Å². The Hall–Kier alpha value is -2.10. The molecular weight excluding hydrogens is 361 g/mol. The largest absolute Gasteiger partial charge is 0.434 e. The van der Waals surface area contributed by atoms with Crippen molar-refractivity contribution in [3.8, 4) is 5.75 Å². The molecule has 0 heterocycles. The van der Waals surface area contributed by atoms with Gasteiger partial charge in [-0.25, -0.2) is 0 Å². The summed E-state index contributed by atoms with van der Waals surface area (Å²) >= 11 is 0. The predicted octanol–water partition coefficient (Wildman–Crippen LogP) is 3.23. The molecule has 26 heavy (non-hydrogen) atoms. The summed E-state index contributed by atoms with van der Waals surface area (Å²) in [6.07, 6.45) is -3.99. The van der Waals surface area contributed by atoms with Gasteiger partial charge in [0.05, 0.1) is 0 Å². The first kappa shape index (κ1) is 21.9. The van der Waals surface area contributed by atoms with Gasteiger partial charge < -0.3 is 20.1 Å². The maximum Gasteiger partial charge on any atom is 0.411 e. The Morgan fingerprint density at radius 1 is 1.23 bits per heavy atom. The van der Waals surface area contributed by atoms with Gasteiger partial charge in [0.25, 0.3) is 0 Å². The average molecular weight is 383 g/mol. The first-order valence-electron chi connectivity index (χ1n) is 7.84. The molecule has 0 saturated heterocycles. The zero-order chi connectivity index (χ0) is 19.6. The van der Waals surface area contributed by atoms with E-state index in [2.05, 4.69) is 25.1 Å². The average Bonchev–Trinajstić information content (AvgIpc) is 2.54. The van der Waals surface area contributed by atoms with E-state index in [0.717, 1.165) is 5.56 Å². The van der Waals surface area contributed by atoms with Crippen molar-refractivity contribution in [3.05, 3.63) is 29.3 Å². The number of aryl methyl sites for hydroxylation is 1. The van der Waals surface area contributed by atoms with Crippen LogP contribution in [0, 0.1) is 6.92 Å². The molecular formula is C16H22F5N3O2. The second-order valence-corrected chi connectivity index (χ2v) is 5.36. The SMILES string of the molecule is CN=C(NCCCOCC(F)(F)F)NCc1cc(C)ccc1OC(F)F. The molecule has 0 atom stereocenters. The second-order valence-electron chi connectivity index (χ2n) is 5.36. The highest BCUT2D eigenvalue weighted by molar-refractivity contribution is 5.79. The number of aliphatic imine (C=N–C) groups is 1. The summed E-state index contributed by atoms with van der Waals surface area (Å²) < 4.78 is 69.6. The third kappa shape index (κ3) is 9.40. The fourth-order valence-corrected chi connectivity index (χ4v) is 2.03. The van der Waals surface area contributed by atoms with Gasteiger partial charge in [0.15, 0.2) is 5.96 Å². The smallest absolute Gasteiger partial charge is 0.411 e. The lowest BCUT2D eigenvalue weighted by Gasteiger charge is -2.15. The molecule has 10 heteroatoms. The van der Waals surface area contributed by atoms with Gasteiger partial charge in [-0.3, -0.25) is 4.99 Å². The molecule has 148 valence electrons. The summed E-state index contributed by atoms with van der Waals surface area (Å²) in [7, 11) is 1.52. The molecule has 5 nitrogen and oxygen atoms in total. The van der Waals surface area contributed by atoms with Gasteiger partial charge in [0.1, 0.15) is 12.4 Å². The minimum atomic E-state index is -4.34. The highest BCUT2D eigenvalue weighted by Gasteiger charge is 2.27. The van der Waals surface area contributed by atoms with E-state index < -0.39 is 19.4 Å². The normalized spacial score (nSPS) is 12.4. The highest BCUT2D eigenvalue weighted by Crippen LogP contribution is 2.22. The van der Waals surface area contributed by atoms with Crippen molar-refractivity contribution < 1.29 is 31.4 Å². The third-order valence-corrected chi connectivity index (χ3v) is 3.13. The van der Waals surface area contributed by atoms with Crippen molar-refractivity contribution in [1.82, 2.24) is 10.6 Å².